The molecule has 2 nitrogen and oxygen atoms in total. The van der Waals surface area contributed by atoms with Crippen LogP contribution in [0.5, 0.6) is 5.75 Å². The van der Waals surface area contributed by atoms with Crippen molar-refractivity contribution in [3.63, 3.8) is 0 Å². The second-order valence-electron chi connectivity index (χ2n) is 4.87. The number of methoxy groups -OCH3 is 1. The minimum Gasteiger partial charge on any atom is -0.496 e. The molecule has 0 aliphatic carbocycles. The second-order valence-corrected chi connectivity index (χ2v) is 5.28. The van der Waals surface area contributed by atoms with Gasteiger partial charge in [0.05, 0.1) is 7.11 Å². The Morgan fingerprint density at radius 1 is 1.00 bits per heavy atom. The third kappa shape index (κ3) is 2.48. The third-order valence-electron chi connectivity index (χ3n) is 3.68. The van der Waals surface area contributed by atoms with Crippen LogP contribution in [0.4, 0.5) is 0 Å². The number of ether oxygens (including phenoxy) is 1. The van der Waals surface area contributed by atoms with E-state index in [0.29, 0.717) is 11.6 Å². The molecular weight excluding hydrogens is 282 g/mol. The van der Waals surface area contributed by atoms with E-state index in [0.717, 1.165) is 33.2 Å². The number of nitrogens with two attached hydrogens (primary N) is 1. The first kappa shape index (κ1) is 13.9. The van der Waals surface area contributed by atoms with E-state index in [1.807, 2.05) is 30.3 Å². The normalized spacial score (nSPS) is 10.8. The fraction of sp³-hybridized carbons (Fsp3) is 0.111. The van der Waals surface area contributed by atoms with Crippen LogP contribution in [-0.4, -0.2) is 7.11 Å². The number of hydrogen-bond acceptors (Lipinski definition) is 2. The van der Waals surface area contributed by atoms with Gasteiger partial charge in [-0.3, -0.25) is 0 Å². The highest BCUT2D eigenvalue weighted by Crippen LogP contribution is 2.35. The summed E-state index contributed by atoms with van der Waals surface area (Å²) in [6.45, 7) is 0.431. The van der Waals surface area contributed by atoms with Crippen LogP contribution in [0.3, 0.4) is 0 Å². The molecule has 0 bridgehead atoms. The summed E-state index contributed by atoms with van der Waals surface area (Å²) >= 11 is 6.15. The van der Waals surface area contributed by atoms with E-state index in [-0.39, 0.29) is 0 Å². The van der Waals surface area contributed by atoms with Gasteiger partial charge in [-0.25, -0.2) is 0 Å². The summed E-state index contributed by atoms with van der Waals surface area (Å²) in [5.41, 5.74) is 8.96. The topological polar surface area (TPSA) is 35.2 Å². The Labute approximate surface area is 129 Å². The molecule has 0 heterocycles. The summed E-state index contributed by atoms with van der Waals surface area (Å²) in [5.74, 6) is 0.877. The molecule has 0 amide bonds. The van der Waals surface area contributed by atoms with Crippen LogP contribution in [0.25, 0.3) is 21.9 Å². The number of benzene rings is 3. The van der Waals surface area contributed by atoms with Crippen molar-refractivity contribution in [2.45, 2.75) is 6.54 Å². The van der Waals surface area contributed by atoms with Gasteiger partial charge in [-0.1, -0.05) is 48.0 Å². The highest BCUT2D eigenvalue weighted by Gasteiger charge is 2.09. The van der Waals surface area contributed by atoms with E-state index in [2.05, 4.69) is 24.3 Å². The Hall–Kier alpha value is -2.03. The van der Waals surface area contributed by atoms with Gasteiger partial charge in [0.25, 0.3) is 0 Å². The maximum absolute atomic E-state index is 6.15. The number of halogens is 1. The third-order valence-corrected chi connectivity index (χ3v) is 4.05. The van der Waals surface area contributed by atoms with Crippen molar-refractivity contribution in [3.05, 3.63) is 65.2 Å². The Balaban J connectivity index is 2.26. The first-order chi connectivity index (χ1) is 10.2. The quantitative estimate of drug-likeness (QED) is 0.765. The van der Waals surface area contributed by atoms with Crippen molar-refractivity contribution >= 4 is 22.4 Å². The monoisotopic (exact) mass is 297 g/mol. The maximum Gasteiger partial charge on any atom is 0.126 e. The Kier molecular flexibility index (Phi) is 3.82. The van der Waals surface area contributed by atoms with E-state index >= 15 is 0 Å². The van der Waals surface area contributed by atoms with Crippen LogP contribution in [0.15, 0.2) is 54.6 Å². The lowest BCUT2D eigenvalue weighted by molar-refractivity contribution is 0.420. The van der Waals surface area contributed by atoms with Crippen molar-refractivity contribution in [1.29, 1.82) is 0 Å². The fourth-order valence-electron chi connectivity index (χ4n) is 2.60. The van der Waals surface area contributed by atoms with Crippen molar-refractivity contribution in [2.75, 3.05) is 7.11 Å². The lowest BCUT2D eigenvalue weighted by atomic mass is 9.96. The van der Waals surface area contributed by atoms with Crippen LogP contribution in [0, 0.1) is 0 Å². The van der Waals surface area contributed by atoms with Gasteiger partial charge in [0.2, 0.25) is 0 Å². The molecule has 21 heavy (non-hydrogen) atoms. The van der Waals surface area contributed by atoms with E-state index in [4.69, 9.17) is 22.1 Å². The molecule has 2 N–H and O–H groups in total. The highest BCUT2D eigenvalue weighted by atomic mass is 35.5. The predicted octanol–water partition coefficient (Wildman–Crippen LogP) is 4.63. The minimum atomic E-state index is 0.431. The Morgan fingerprint density at radius 2 is 1.76 bits per heavy atom. The molecule has 0 saturated carbocycles. The largest absolute Gasteiger partial charge is 0.496 e. The van der Waals surface area contributed by atoms with Gasteiger partial charge in [-0.15, -0.1) is 0 Å². The zero-order chi connectivity index (χ0) is 14.8. The average Bonchev–Trinajstić information content (AvgIpc) is 2.54. The van der Waals surface area contributed by atoms with Crippen LogP contribution < -0.4 is 10.5 Å². The minimum absolute atomic E-state index is 0.431. The van der Waals surface area contributed by atoms with E-state index in [1.54, 1.807) is 7.11 Å². The van der Waals surface area contributed by atoms with Crippen molar-refractivity contribution in [3.8, 4) is 16.9 Å². The van der Waals surface area contributed by atoms with Gasteiger partial charge >= 0.3 is 0 Å². The summed E-state index contributed by atoms with van der Waals surface area (Å²) in [5, 5.41) is 2.96. The maximum atomic E-state index is 6.15. The van der Waals surface area contributed by atoms with Gasteiger partial charge in [0.15, 0.2) is 0 Å². The molecule has 0 aliphatic rings. The van der Waals surface area contributed by atoms with E-state index in [1.165, 1.54) is 0 Å². The zero-order valence-corrected chi connectivity index (χ0v) is 12.5. The molecule has 3 heteroatoms. The van der Waals surface area contributed by atoms with Gasteiger partial charge < -0.3 is 10.5 Å². The molecule has 0 aromatic heterocycles. The molecule has 0 radical (unpaired) electrons. The summed E-state index contributed by atoms with van der Waals surface area (Å²) in [6, 6.07) is 18.3. The molecule has 0 fully saturated rings. The summed E-state index contributed by atoms with van der Waals surface area (Å²) in [7, 11) is 1.69. The van der Waals surface area contributed by atoms with Crippen LogP contribution in [0.2, 0.25) is 5.02 Å². The Bertz CT molecular complexity index is 798. The van der Waals surface area contributed by atoms with Gasteiger partial charge in [-0.2, -0.15) is 0 Å². The van der Waals surface area contributed by atoms with E-state index in [9.17, 15) is 0 Å². The van der Waals surface area contributed by atoms with Crippen molar-refractivity contribution in [1.82, 2.24) is 0 Å². The van der Waals surface area contributed by atoms with Gasteiger partial charge in [0.1, 0.15) is 5.75 Å². The van der Waals surface area contributed by atoms with Gasteiger partial charge in [0, 0.05) is 17.0 Å². The highest BCUT2D eigenvalue weighted by molar-refractivity contribution is 6.31. The zero-order valence-electron chi connectivity index (χ0n) is 11.8. The smallest absolute Gasteiger partial charge is 0.126 e. The molecule has 3 aromatic rings. The summed E-state index contributed by atoms with van der Waals surface area (Å²) in [6.07, 6.45) is 0. The average molecular weight is 298 g/mol. The molecule has 106 valence electrons. The molecule has 3 aromatic carbocycles. The summed E-state index contributed by atoms with van der Waals surface area (Å²) < 4.78 is 5.44. The molecule has 0 atom stereocenters. The number of rotatable bonds is 3. The lowest BCUT2D eigenvalue weighted by Crippen LogP contribution is -1.97. The van der Waals surface area contributed by atoms with Crippen LogP contribution >= 0.6 is 11.6 Å². The molecule has 0 spiro atoms. The SMILES string of the molecule is COc1ccc(-c2ccc(Cl)c(CN)c2)c2ccccc12. The van der Waals surface area contributed by atoms with Gasteiger partial charge in [-0.05, 0) is 40.3 Å². The standard InChI is InChI=1S/C18H16ClNO/c1-21-18-9-7-14(15-4-2-3-5-16(15)18)12-6-8-17(19)13(10-12)11-20/h2-10H,11,20H2,1H3. The van der Waals surface area contributed by atoms with Crippen LogP contribution in [-0.2, 0) is 6.54 Å². The number of hydrogen-bond donors (Lipinski definition) is 1. The first-order valence-corrected chi connectivity index (χ1v) is 7.17. The van der Waals surface area contributed by atoms with Crippen LogP contribution in [0.1, 0.15) is 5.56 Å². The molecule has 3 rings (SSSR count). The van der Waals surface area contributed by atoms with Crippen molar-refractivity contribution in [2.24, 2.45) is 5.73 Å². The first-order valence-electron chi connectivity index (χ1n) is 6.79. The van der Waals surface area contributed by atoms with E-state index < -0.39 is 0 Å². The molecular formula is C18H16ClNO. The summed E-state index contributed by atoms with van der Waals surface area (Å²) in [4.78, 5) is 0. The second kappa shape index (κ2) is 5.76. The lowest BCUT2D eigenvalue weighted by Gasteiger charge is -2.12. The predicted molar refractivity (Wildman–Crippen MR) is 88.8 cm³/mol. The number of fused-ring (bicyclic) bond motifs is 1. The molecule has 0 aliphatic heterocycles. The molecule has 0 unspecified atom stereocenters. The molecule has 0 saturated heterocycles. The van der Waals surface area contributed by atoms with Crippen molar-refractivity contribution < 1.29 is 4.74 Å². The Morgan fingerprint density at radius 3 is 2.48 bits per heavy atom. The fourth-order valence-corrected chi connectivity index (χ4v) is 2.79.